The number of hydrogen-bond acceptors (Lipinski definition) is 4. The van der Waals surface area contributed by atoms with Gasteiger partial charge in [-0.05, 0) is 50.5 Å². The molecule has 1 aromatic carbocycles. The van der Waals surface area contributed by atoms with Crippen LogP contribution in [-0.4, -0.2) is 29.0 Å². The lowest BCUT2D eigenvalue weighted by molar-refractivity contribution is 0.0188. The molecule has 0 bridgehead atoms. The number of carbonyl (C=O) groups is 2. The predicted molar refractivity (Wildman–Crippen MR) is 87.6 cm³/mol. The molecule has 22 heavy (non-hydrogen) atoms. The first-order valence-corrected chi connectivity index (χ1v) is 7.29. The van der Waals surface area contributed by atoms with Crippen LogP contribution >= 0.6 is 0 Å². The molecule has 0 atom stereocenters. The Kier molecular flexibility index (Phi) is 5.22. The summed E-state index contributed by atoms with van der Waals surface area (Å²) >= 11 is 0. The zero-order valence-electron chi connectivity index (χ0n) is 14.3. The molecular formula is C17H26N2O3. The molecule has 5 heteroatoms. The quantitative estimate of drug-likeness (QED) is 0.846. The highest BCUT2D eigenvalue weighted by Crippen LogP contribution is 2.20. The molecular weight excluding hydrogens is 280 g/mol. The van der Waals surface area contributed by atoms with Gasteiger partial charge < -0.3 is 10.5 Å². The maximum atomic E-state index is 12.6. The fourth-order valence-corrected chi connectivity index (χ4v) is 1.79. The van der Waals surface area contributed by atoms with Gasteiger partial charge in [-0.25, -0.2) is 9.69 Å². The molecule has 0 spiro atoms. The summed E-state index contributed by atoms with van der Waals surface area (Å²) in [6, 6.07) is 6.49. The van der Waals surface area contributed by atoms with Crippen LogP contribution in [0.2, 0.25) is 0 Å². The van der Waals surface area contributed by atoms with Gasteiger partial charge >= 0.3 is 6.09 Å². The number of imide groups is 1. The van der Waals surface area contributed by atoms with Crippen LogP contribution in [0.1, 0.15) is 51.9 Å². The third-order valence-electron chi connectivity index (χ3n) is 2.65. The van der Waals surface area contributed by atoms with Crippen molar-refractivity contribution in [1.29, 1.82) is 0 Å². The molecule has 2 N–H and O–H groups in total. The largest absolute Gasteiger partial charge is 0.443 e. The van der Waals surface area contributed by atoms with Crippen LogP contribution in [0.4, 0.5) is 10.5 Å². The topological polar surface area (TPSA) is 72.6 Å². The number of carbonyl (C=O) groups excluding carboxylic acids is 2. The van der Waals surface area contributed by atoms with Crippen molar-refractivity contribution in [3.8, 4) is 0 Å². The molecule has 0 fully saturated rings. The molecule has 1 aromatic rings. The number of anilines is 1. The van der Waals surface area contributed by atoms with Crippen molar-refractivity contribution in [2.45, 2.75) is 47.1 Å². The van der Waals surface area contributed by atoms with E-state index >= 15 is 0 Å². The zero-order chi connectivity index (χ0) is 17.1. The van der Waals surface area contributed by atoms with Crippen LogP contribution in [0, 0.1) is 5.41 Å². The summed E-state index contributed by atoms with van der Waals surface area (Å²) < 4.78 is 5.35. The zero-order valence-corrected chi connectivity index (χ0v) is 14.3. The van der Waals surface area contributed by atoms with Crippen LogP contribution < -0.4 is 5.73 Å². The summed E-state index contributed by atoms with van der Waals surface area (Å²) in [5, 5.41) is 0. The van der Waals surface area contributed by atoms with Crippen LogP contribution in [0.15, 0.2) is 24.3 Å². The molecule has 0 aliphatic heterocycles. The number of hydrogen-bond donors (Lipinski definition) is 1. The average Bonchev–Trinajstić information content (AvgIpc) is 2.33. The van der Waals surface area contributed by atoms with Crippen LogP contribution in [0.3, 0.4) is 0 Å². The number of benzene rings is 1. The van der Waals surface area contributed by atoms with Gasteiger partial charge in [0.15, 0.2) is 0 Å². The number of rotatable bonds is 2. The number of ether oxygens (including phenoxy) is 1. The highest BCUT2D eigenvalue weighted by atomic mass is 16.6. The third kappa shape index (κ3) is 5.76. The first-order valence-electron chi connectivity index (χ1n) is 7.29. The molecule has 0 aromatic heterocycles. The summed E-state index contributed by atoms with van der Waals surface area (Å²) in [6.07, 6.45) is -0.635. The van der Waals surface area contributed by atoms with Gasteiger partial charge in [0.25, 0.3) is 5.91 Å². The Morgan fingerprint density at radius 1 is 1.05 bits per heavy atom. The molecule has 1 rings (SSSR count). The molecule has 0 unspecified atom stereocenters. The average molecular weight is 306 g/mol. The molecule has 5 nitrogen and oxygen atoms in total. The van der Waals surface area contributed by atoms with Crippen LogP contribution in [-0.2, 0) is 4.74 Å². The molecule has 0 aliphatic carbocycles. The molecule has 0 saturated heterocycles. The summed E-state index contributed by atoms with van der Waals surface area (Å²) in [7, 11) is 0. The number of nitrogens with two attached hydrogens (primary N) is 1. The Labute approximate surface area is 132 Å². The van der Waals surface area contributed by atoms with Crippen LogP contribution in [0.25, 0.3) is 0 Å². The van der Waals surface area contributed by atoms with E-state index in [2.05, 4.69) is 0 Å². The number of amides is 2. The SMILES string of the molecule is CC(C)(C)CN(C(=O)OC(C)(C)C)C(=O)c1ccc(N)cc1. The summed E-state index contributed by atoms with van der Waals surface area (Å²) in [4.78, 5) is 26.2. The van der Waals surface area contributed by atoms with E-state index in [-0.39, 0.29) is 17.9 Å². The third-order valence-corrected chi connectivity index (χ3v) is 2.65. The minimum absolute atomic E-state index is 0.236. The van der Waals surface area contributed by atoms with Gasteiger partial charge in [0.2, 0.25) is 0 Å². The normalized spacial score (nSPS) is 11.9. The van der Waals surface area contributed by atoms with E-state index in [1.165, 1.54) is 0 Å². The fraction of sp³-hybridized carbons (Fsp3) is 0.529. The Hall–Kier alpha value is -2.04. The minimum atomic E-state index is -0.658. The second-order valence-electron chi connectivity index (χ2n) is 7.55. The van der Waals surface area contributed by atoms with Crippen molar-refractivity contribution in [1.82, 2.24) is 4.90 Å². The van der Waals surface area contributed by atoms with E-state index in [0.29, 0.717) is 11.3 Å². The van der Waals surface area contributed by atoms with Gasteiger partial charge in [-0.15, -0.1) is 0 Å². The maximum absolute atomic E-state index is 12.6. The van der Waals surface area contributed by atoms with Crippen LogP contribution in [0.5, 0.6) is 0 Å². The minimum Gasteiger partial charge on any atom is -0.443 e. The standard InChI is InChI=1S/C17H26N2O3/c1-16(2,3)11-19(15(21)22-17(4,5)6)14(20)12-7-9-13(18)10-8-12/h7-10H,11,18H2,1-6H3. The van der Waals surface area contributed by atoms with E-state index in [4.69, 9.17) is 10.5 Å². The summed E-state index contributed by atoms with van der Waals surface area (Å²) in [6.45, 7) is 11.5. The lowest BCUT2D eigenvalue weighted by atomic mass is 9.96. The van der Waals surface area contributed by atoms with Crippen molar-refractivity contribution < 1.29 is 14.3 Å². The lowest BCUT2D eigenvalue weighted by Gasteiger charge is -2.30. The monoisotopic (exact) mass is 306 g/mol. The van der Waals surface area contributed by atoms with E-state index in [0.717, 1.165) is 4.90 Å². The highest BCUT2D eigenvalue weighted by Gasteiger charge is 2.31. The van der Waals surface area contributed by atoms with E-state index in [1.807, 2.05) is 20.8 Å². The summed E-state index contributed by atoms with van der Waals surface area (Å²) in [5.41, 5.74) is 5.71. The van der Waals surface area contributed by atoms with Crippen molar-refractivity contribution in [3.05, 3.63) is 29.8 Å². The lowest BCUT2D eigenvalue weighted by Crippen LogP contribution is -2.44. The van der Waals surface area contributed by atoms with E-state index in [1.54, 1.807) is 45.0 Å². The smallest absolute Gasteiger partial charge is 0.417 e. The number of nitrogens with zero attached hydrogens (tertiary/aromatic N) is 1. The van der Waals surface area contributed by atoms with Crippen molar-refractivity contribution >= 4 is 17.7 Å². The first kappa shape index (κ1) is 18.0. The van der Waals surface area contributed by atoms with Gasteiger partial charge in [-0.2, -0.15) is 0 Å². The number of nitrogen functional groups attached to an aromatic ring is 1. The molecule has 0 heterocycles. The Morgan fingerprint density at radius 2 is 1.55 bits per heavy atom. The van der Waals surface area contributed by atoms with Crippen molar-refractivity contribution in [2.75, 3.05) is 12.3 Å². The van der Waals surface area contributed by atoms with Gasteiger partial charge in [-0.1, -0.05) is 20.8 Å². The van der Waals surface area contributed by atoms with Crippen molar-refractivity contribution in [3.63, 3.8) is 0 Å². The molecule has 0 aliphatic rings. The maximum Gasteiger partial charge on any atom is 0.417 e. The predicted octanol–water partition coefficient (Wildman–Crippen LogP) is 3.69. The second-order valence-corrected chi connectivity index (χ2v) is 7.55. The fourth-order valence-electron chi connectivity index (χ4n) is 1.79. The van der Waals surface area contributed by atoms with Gasteiger partial charge in [0.05, 0.1) is 0 Å². The molecule has 2 amide bonds. The highest BCUT2D eigenvalue weighted by molar-refractivity contribution is 6.03. The molecule has 122 valence electrons. The van der Waals surface area contributed by atoms with Gasteiger partial charge in [0.1, 0.15) is 5.60 Å². The molecule has 0 radical (unpaired) electrons. The van der Waals surface area contributed by atoms with Gasteiger partial charge in [0, 0.05) is 17.8 Å². The van der Waals surface area contributed by atoms with Crippen molar-refractivity contribution in [2.24, 2.45) is 5.41 Å². The molecule has 0 saturated carbocycles. The summed E-state index contributed by atoms with van der Waals surface area (Å²) in [5.74, 6) is -0.385. The second kappa shape index (κ2) is 6.38. The first-order chi connectivity index (χ1) is 9.89. The Balaban J connectivity index is 3.06. The Bertz CT molecular complexity index is 537. The Morgan fingerprint density at radius 3 is 1.95 bits per heavy atom. The van der Waals surface area contributed by atoms with E-state index < -0.39 is 11.7 Å². The van der Waals surface area contributed by atoms with E-state index in [9.17, 15) is 9.59 Å². The van der Waals surface area contributed by atoms with Gasteiger partial charge in [-0.3, -0.25) is 4.79 Å².